The molecule has 2 aliphatic rings. The van der Waals surface area contributed by atoms with Crippen LogP contribution in [0.5, 0.6) is 5.75 Å². The zero-order chi connectivity index (χ0) is 22.6. The fourth-order valence-electron chi connectivity index (χ4n) is 4.92. The van der Waals surface area contributed by atoms with E-state index in [1.54, 1.807) is 0 Å². The molecule has 0 fully saturated rings. The molecule has 3 aromatic carbocycles. The average molecular weight is 439 g/mol. The minimum atomic E-state index is 0.00592. The maximum absolute atomic E-state index is 12.5. The van der Waals surface area contributed by atoms with E-state index in [0.717, 1.165) is 35.4 Å². The lowest BCUT2D eigenvalue weighted by molar-refractivity contribution is 0.0953. The molecule has 1 amide bonds. The number of ether oxygens (including phenoxy) is 1. The summed E-state index contributed by atoms with van der Waals surface area (Å²) in [6.07, 6.45) is 6.55. The summed E-state index contributed by atoms with van der Waals surface area (Å²) in [7, 11) is 0. The summed E-state index contributed by atoms with van der Waals surface area (Å²) in [5, 5.41) is 6.75. The second kappa shape index (κ2) is 9.53. The summed E-state index contributed by atoms with van der Waals surface area (Å²) in [5.41, 5.74) is 5.49. The van der Waals surface area contributed by atoms with Gasteiger partial charge >= 0.3 is 0 Å². The van der Waals surface area contributed by atoms with Crippen molar-refractivity contribution in [1.29, 1.82) is 0 Å². The third-order valence-electron chi connectivity index (χ3n) is 6.65. The minimum absolute atomic E-state index is 0.00592. The van der Waals surface area contributed by atoms with Crippen molar-refractivity contribution in [3.8, 4) is 5.75 Å². The molecule has 3 aromatic rings. The van der Waals surface area contributed by atoms with Gasteiger partial charge in [-0.25, -0.2) is 0 Å². The standard InChI is InChI=1S/C29H30N2O2/c1-2-17-30-29(32)22-13-16-27-26(18-22)24-9-6-10-25(24)28(31-27)21-11-14-23(15-12-21)33-19-20-7-4-3-5-8-20/h3-9,11-16,18,24-25,28,31H,2,10,17,19H2,1H3,(H,30,32). The number of anilines is 1. The maximum atomic E-state index is 12.5. The molecule has 1 aliphatic heterocycles. The predicted octanol–water partition coefficient (Wildman–Crippen LogP) is 6.23. The SMILES string of the molecule is CCCNC(=O)c1ccc2c(c1)C1C=CCC1C(c1ccc(OCc3ccccc3)cc1)N2. The summed E-state index contributed by atoms with van der Waals surface area (Å²) >= 11 is 0. The fraction of sp³-hybridized carbons (Fsp3) is 0.276. The van der Waals surface area contributed by atoms with E-state index in [1.807, 2.05) is 24.3 Å². The number of hydrogen-bond acceptors (Lipinski definition) is 3. The van der Waals surface area contributed by atoms with E-state index in [4.69, 9.17) is 4.74 Å². The molecule has 1 heterocycles. The molecule has 0 saturated carbocycles. The van der Waals surface area contributed by atoms with E-state index < -0.39 is 0 Å². The molecule has 0 radical (unpaired) electrons. The topological polar surface area (TPSA) is 50.4 Å². The van der Waals surface area contributed by atoms with E-state index in [1.165, 1.54) is 11.1 Å². The smallest absolute Gasteiger partial charge is 0.251 e. The Morgan fingerprint density at radius 2 is 1.88 bits per heavy atom. The molecule has 0 aromatic heterocycles. The number of fused-ring (bicyclic) bond motifs is 3. The highest BCUT2D eigenvalue weighted by atomic mass is 16.5. The van der Waals surface area contributed by atoms with Crippen LogP contribution < -0.4 is 15.4 Å². The number of carbonyl (C=O) groups excluding carboxylic acids is 1. The molecular weight excluding hydrogens is 408 g/mol. The van der Waals surface area contributed by atoms with Crippen molar-refractivity contribution in [2.24, 2.45) is 5.92 Å². The zero-order valence-corrected chi connectivity index (χ0v) is 19.0. The minimum Gasteiger partial charge on any atom is -0.489 e. The Labute approximate surface area is 195 Å². The first-order valence-electron chi connectivity index (χ1n) is 11.8. The third kappa shape index (κ3) is 4.51. The second-order valence-corrected chi connectivity index (χ2v) is 8.88. The largest absolute Gasteiger partial charge is 0.489 e. The maximum Gasteiger partial charge on any atom is 0.251 e. The van der Waals surface area contributed by atoms with Crippen LogP contribution in [0, 0.1) is 5.92 Å². The monoisotopic (exact) mass is 438 g/mol. The summed E-state index contributed by atoms with van der Waals surface area (Å²) in [6, 6.07) is 25.0. The first-order valence-corrected chi connectivity index (χ1v) is 11.8. The van der Waals surface area contributed by atoms with Gasteiger partial charge in [0.05, 0.1) is 6.04 Å². The average Bonchev–Trinajstić information content (AvgIpc) is 3.37. The van der Waals surface area contributed by atoms with Gasteiger partial charge in [-0.3, -0.25) is 4.79 Å². The second-order valence-electron chi connectivity index (χ2n) is 8.88. The molecule has 3 atom stereocenters. The highest BCUT2D eigenvalue weighted by Gasteiger charge is 2.38. The predicted molar refractivity (Wildman–Crippen MR) is 133 cm³/mol. The van der Waals surface area contributed by atoms with Gasteiger partial charge in [0.1, 0.15) is 12.4 Å². The Bertz CT molecular complexity index is 1140. The first kappa shape index (κ1) is 21.3. The van der Waals surface area contributed by atoms with Gasteiger partial charge < -0.3 is 15.4 Å². The summed E-state index contributed by atoms with van der Waals surface area (Å²) in [4.78, 5) is 12.5. The van der Waals surface area contributed by atoms with Crippen LogP contribution in [0.15, 0.2) is 84.9 Å². The lowest BCUT2D eigenvalue weighted by atomic mass is 9.76. The molecule has 2 N–H and O–H groups in total. The van der Waals surface area contributed by atoms with E-state index >= 15 is 0 Å². The Balaban J connectivity index is 1.33. The molecule has 4 nitrogen and oxygen atoms in total. The molecular formula is C29H30N2O2. The van der Waals surface area contributed by atoms with Gasteiger partial charge in [0, 0.05) is 23.7 Å². The van der Waals surface area contributed by atoms with Crippen LogP contribution in [0.3, 0.4) is 0 Å². The van der Waals surface area contributed by atoms with Crippen LogP contribution in [-0.2, 0) is 6.61 Å². The van der Waals surface area contributed by atoms with Crippen LogP contribution in [-0.4, -0.2) is 12.5 Å². The Morgan fingerprint density at radius 3 is 2.67 bits per heavy atom. The number of carbonyl (C=O) groups is 1. The summed E-state index contributed by atoms with van der Waals surface area (Å²) in [6.45, 7) is 3.33. The van der Waals surface area contributed by atoms with E-state index in [2.05, 4.69) is 78.2 Å². The molecule has 168 valence electrons. The Morgan fingerprint density at radius 1 is 1.06 bits per heavy atom. The summed E-state index contributed by atoms with van der Waals surface area (Å²) < 4.78 is 5.97. The van der Waals surface area contributed by atoms with Crippen LogP contribution in [0.4, 0.5) is 5.69 Å². The molecule has 0 spiro atoms. The van der Waals surface area contributed by atoms with Crippen molar-refractivity contribution in [3.63, 3.8) is 0 Å². The van der Waals surface area contributed by atoms with Crippen LogP contribution in [0.1, 0.15) is 58.8 Å². The number of rotatable bonds is 7. The number of nitrogens with one attached hydrogen (secondary N) is 2. The van der Waals surface area contributed by atoms with Gasteiger partial charge in [-0.1, -0.05) is 61.5 Å². The normalized spacial score (nSPS) is 20.5. The Kier molecular flexibility index (Phi) is 6.16. The molecule has 33 heavy (non-hydrogen) atoms. The zero-order valence-electron chi connectivity index (χ0n) is 19.0. The molecule has 5 rings (SSSR count). The van der Waals surface area contributed by atoms with E-state index in [-0.39, 0.29) is 11.9 Å². The van der Waals surface area contributed by atoms with E-state index in [9.17, 15) is 4.79 Å². The van der Waals surface area contributed by atoms with Crippen molar-refractivity contribution in [3.05, 3.63) is 107 Å². The quantitative estimate of drug-likeness (QED) is 0.430. The van der Waals surface area contributed by atoms with Gasteiger partial charge in [-0.05, 0) is 65.8 Å². The lowest BCUT2D eigenvalue weighted by Crippen LogP contribution is -2.30. The first-order chi connectivity index (χ1) is 16.2. The molecule has 1 aliphatic carbocycles. The highest BCUT2D eigenvalue weighted by Crippen LogP contribution is 2.50. The van der Waals surface area contributed by atoms with Crippen molar-refractivity contribution in [1.82, 2.24) is 5.32 Å². The molecule has 4 heteroatoms. The number of amides is 1. The lowest BCUT2D eigenvalue weighted by Gasteiger charge is -2.37. The van der Waals surface area contributed by atoms with Gasteiger partial charge in [0.2, 0.25) is 0 Å². The number of hydrogen-bond donors (Lipinski definition) is 2. The fourth-order valence-corrected chi connectivity index (χ4v) is 4.92. The Hall–Kier alpha value is -3.53. The van der Waals surface area contributed by atoms with Gasteiger partial charge in [-0.15, -0.1) is 0 Å². The summed E-state index contributed by atoms with van der Waals surface area (Å²) in [5.74, 6) is 1.63. The van der Waals surface area contributed by atoms with Crippen molar-refractivity contribution in [2.45, 2.75) is 38.3 Å². The third-order valence-corrected chi connectivity index (χ3v) is 6.65. The van der Waals surface area contributed by atoms with Crippen molar-refractivity contribution >= 4 is 11.6 Å². The van der Waals surface area contributed by atoms with Crippen LogP contribution >= 0.6 is 0 Å². The molecule has 0 bridgehead atoms. The van der Waals surface area contributed by atoms with Gasteiger partial charge in [0.15, 0.2) is 0 Å². The van der Waals surface area contributed by atoms with Crippen molar-refractivity contribution < 1.29 is 9.53 Å². The molecule has 3 unspecified atom stereocenters. The molecule has 0 saturated heterocycles. The van der Waals surface area contributed by atoms with Crippen molar-refractivity contribution in [2.75, 3.05) is 11.9 Å². The number of allylic oxidation sites excluding steroid dienone is 2. The van der Waals surface area contributed by atoms with Gasteiger partial charge in [0.25, 0.3) is 5.91 Å². The van der Waals surface area contributed by atoms with E-state index in [0.29, 0.717) is 25.0 Å². The van der Waals surface area contributed by atoms with Gasteiger partial charge in [-0.2, -0.15) is 0 Å². The number of benzene rings is 3. The van der Waals surface area contributed by atoms with Crippen LogP contribution in [0.25, 0.3) is 0 Å². The highest BCUT2D eigenvalue weighted by molar-refractivity contribution is 5.95. The van der Waals surface area contributed by atoms with Crippen LogP contribution in [0.2, 0.25) is 0 Å².